The van der Waals surface area contributed by atoms with Gasteiger partial charge in [0.1, 0.15) is 11.4 Å². The summed E-state index contributed by atoms with van der Waals surface area (Å²) in [4.78, 5) is 12.6. The normalized spacial score (nSPS) is 13.4. The molecule has 2 atom stereocenters. The van der Waals surface area contributed by atoms with Crippen molar-refractivity contribution < 1.29 is 14.6 Å². The number of ether oxygens (including phenoxy) is 1. The fraction of sp³-hybridized carbons (Fsp3) is 0.250. The molecule has 2 aromatic carbocycles. The van der Waals surface area contributed by atoms with Gasteiger partial charge in [0.15, 0.2) is 0 Å². The summed E-state index contributed by atoms with van der Waals surface area (Å²) in [6.07, 6.45) is -0.801. The van der Waals surface area contributed by atoms with Crippen LogP contribution in [0.15, 0.2) is 54.6 Å². The fourth-order valence-corrected chi connectivity index (χ4v) is 2.96. The summed E-state index contributed by atoms with van der Waals surface area (Å²) in [7, 11) is 3.46. The van der Waals surface area contributed by atoms with E-state index in [0.717, 1.165) is 22.2 Å². The molecule has 1 heterocycles. The molecule has 0 aliphatic rings. The van der Waals surface area contributed by atoms with Crippen molar-refractivity contribution in [3.8, 4) is 5.75 Å². The van der Waals surface area contributed by atoms with Crippen LogP contribution < -0.4 is 10.1 Å². The van der Waals surface area contributed by atoms with Gasteiger partial charge < -0.3 is 19.7 Å². The Balaban J connectivity index is 1.75. The first-order chi connectivity index (χ1) is 12.0. The molecule has 0 fully saturated rings. The van der Waals surface area contributed by atoms with Crippen LogP contribution in [0, 0.1) is 0 Å². The van der Waals surface area contributed by atoms with Gasteiger partial charge in [0.05, 0.1) is 19.3 Å². The van der Waals surface area contributed by atoms with Crippen molar-refractivity contribution in [1.82, 2.24) is 9.88 Å². The number of methoxy groups -OCH3 is 1. The van der Waals surface area contributed by atoms with E-state index in [1.807, 2.05) is 41.9 Å². The maximum absolute atomic E-state index is 12.6. The Morgan fingerprint density at radius 3 is 2.48 bits per heavy atom. The largest absolute Gasteiger partial charge is 0.497 e. The molecule has 25 heavy (non-hydrogen) atoms. The van der Waals surface area contributed by atoms with Gasteiger partial charge in [-0.25, -0.2) is 0 Å². The third-order valence-corrected chi connectivity index (χ3v) is 4.47. The molecule has 0 aliphatic carbocycles. The Morgan fingerprint density at radius 2 is 1.84 bits per heavy atom. The van der Waals surface area contributed by atoms with Crippen LogP contribution in [-0.4, -0.2) is 28.7 Å². The zero-order valence-electron chi connectivity index (χ0n) is 14.6. The third-order valence-electron chi connectivity index (χ3n) is 4.47. The molecule has 1 amide bonds. The van der Waals surface area contributed by atoms with Crippen molar-refractivity contribution in [2.45, 2.75) is 19.1 Å². The number of carbonyl (C=O) groups is 1. The number of carbonyl (C=O) groups excluding carboxylic acids is 1. The minimum absolute atomic E-state index is 0.209. The molecule has 0 saturated carbocycles. The van der Waals surface area contributed by atoms with E-state index in [9.17, 15) is 9.90 Å². The zero-order valence-corrected chi connectivity index (χ0v) is 14.6. The Kier molecular flexibility index (Phi) is 4.76. The number of aliphatic hydroxyl groups is 1. The van der Waals surface area contributed by atoms with Crippen LogP contribution in [-0.2, 0) is 7.05 Å². The number of rotatable bonds is 5. The third kappa shape index (κ3) is 3.37. The fourth-order valence-electron chi connectivity index (χ4n) is 2.96. The maximum atomic E-state index is 12.6. The highest BCUT2D eigenvalue weighted by atomic mass is 16.5. The Bertz CT molecular complexity index is 884. The highest BCUT2D eigenvalue weighted by Crippen LogP contribution is 2.22. The van der Waals surface area contributed by atoms with Crippen molar-refractivity contribution in [2.75, 3.05) is 7.11 Å². The summed E-state index contributed by atoms with van der Waals surface area (Å²) in [5, 5.41) is 14.4. The number of hydrogen-bond donors (Lipinski definition) is 2. The minimum atomic E-state index is -0.801. The predicted molar refractivity (Wildman–Crippen MR) is 97.8 cm³/mol. The quantitative estimate of drug-likeness (QED) is 0.751. The molecule has 2 unspecified atom stereocenters. The van der Waals surface area contributed by atoms with Gasteiger partial charge in [0, 0.05) is 18.0 Å². The Morgan fingerprint density at radius 1 is 1.16 bits per heavy atom. The van der Waals surface area contributed by atoms with Gasteiger partial charge in [-0.05, 0) is 36.8 Å². The van der Waals surface area contributed by atoms with Gasteiger partial charge in [-0.15, -0.1) is 0 Å². The Labute approximate surface area is 146 Å². The second-order valence-corrected chi connectivity index (χ2v) is 6.13. The summed E-state index contributed by atoms with van der Waals surface area (Å²) in [6.45, 7) is 1.79. The predicted octanol–water partition coefficient (Wildman–Crippen LogP) is 3.04. The number of para-hydroxylation sites is 1. The minimum Gasteiger partial charge on any atom is -0.497 e. The Hall–Kier alpha value is -2.79. The smallest absolute Gasteiger partial charge is 0.268 e. The molecule has 2 N–H and O–H groups in total. The van der Waals surface area contributed by atoms with E-state index >= 15 is 0 Å². The molecule has 0 spiro atoms. The molecule has 0 aliphatic heterocycles. The second-order valence-electron chi connectivity index (χ2n) is 6.13. The van der Waals surface area contributed by atoms with Crippen molar-refractivity contribution in [1.29, 1.82) is 0 Å². The number of nitrogens with one attached hydrogen (secondary N) is 1. The summed E-state index contributed by atoms with van der Waals surface area (Å²) >= 11 is 0. The number of aliphatic hydroxyl groups excluding tert-OH is 1. The van der Waals surface area contributed by atoms with Crippen LogP contribution in [0.5, 0.6) is 5.75 Å². The first-order valence-corrected chi connectivity index (χ1v) is 8.18. The first-order valence-electron chi connectivity index (χ1n) is 8.18. The summed E-state index contributed by atoms with van der Waals surface area (Å²) in [5.74, 6) is 0.516. The molecule has 5 nitrogen and oxygen atoms in total. The van der Waals surface area contributed by atoms with E-state index in [1.54, 1.807) is 38.3 Å². The molecular formula is C20H22N2O3. The summed E-state index contributed by atoms with van der Waals surface area (Å²) in [6, 6.07) is 16.4. The SMILES string of the molecule is COc1ccc(C(O)C(C)NC(=O)c2cc3ccccc3n2C)cc1. The average Bonchev–Trinajstić information content (AvgIpc) is 2.98. The molecule has 0 radical (unpaired) electrons. The molecule has 1 aromatic heterocycles. The van der Waals surface area contributed by atoms with Gasteiger partial charge in [-0.3, -0.25) is 4.79 Å². The number of benzene rings is 2. The first kappa shape index (κ1) is 17.0. The van der Waals surface area contributed by atoms with Crippen molar-refractivity contribution in [3.63, 3.8) is 0 Å². The number of amides is 1. The number of hydrogen-bond acceptors (Lipinski definition) is 3. The lowest BCUT2D eigenvalue weighted by atomic mass is 10.0. The van der Waals surface area contributed by atoms with Gasteiger partial charge in [0.25, 0.3) is 5.91 Å². The van der Waals surface area contributed by atoms with Crippen molar-refractivity contribution in [2.24, 2.45) is 7.05 Å². The zero-order chi connectivity index (χ0) is 18.0. The van der Waals surface area contributed by atoms with E-state index in [4.69, 9.17) is 4.74 Å². The van der Waals surface area contributed by atoms with Crippen LogP contribution in [0.2, 0.25) is 0 Å². The van der Waals surface area contributed by atoms with Crippen LogP contribution in [0.1, 0.15) is 29.1 Å². The standard InChI is InChI=1S/C20H22N2O3/c1-13(19(23)14-8-10-16(25-3)11-9-14)21-20(24)18-12-15-6-4-5-7-17(15)22(18)2/h4-13,19,23H,1-3H3,(H,21,24). The number of nitrogens with zero attached hydrogens (tertiary/aromatic N) is 1. The topological polar surface area (TPSA) is 63.5 Å². The molecule has 3 aromatic rings. The van der Waals surface area contributed by atoms with Crippen molar-refractivity contribution in [3.05, 3.63) is 65.9 Å². The maximum Gasteiger partial charge on any atom is 0.268 e. The van der Waals surface area contributed by atoms with E-state index in [2.05, 4.69) is 5.32 Å². The molecule has 0 bridgehead atoms. The van der Waals surface area contributed by atoms with Gasteiger partial charge in [-0.1, -0.05) is 30.3 Å². The van der Waals surface area contributed by atoms with E-state index in [1.165, 1.54) is 0 Å². The van der Waals surface area contributed by atoms with Gasteiger partial charge >= 0.3 is 0 Å². The highest BCUT2D eigenvalue weighted by molar-refractivity contribution is 5.98. The van der Waals surface area contributed by atoms with E-state index in [0.29, 0.717) is 5.69 Å². The number of aromatic nitrogens is 1. The molecule has 3 rings (SSSR count). The molecule has 130 valence electrons. The van der Waals surface area contributed by atoms with E-state index in [-0.39, 0.29) is 5.91 Å². The van der Waals surface area contributed by atoms with Gasteiger partial charge in [0.2, 0.25) is 0 Å². The average molecular weight is 338 g/mol. The second kappa shape index (κ2) is 6.99. The van der Waals surface area contributed by atoms with Crippen LogP contribution >= 0.6 is 0 Å². The molecule has 5 heteroatoms. The number of fused-ring (bicyclic) bond motifs is 1. The molecular weight excluding hydrogens is 316 g/mol. The highest BCUT2D eigenvalue weighted by Gasteiger charge is 2.21. The van der Waals surface area contributed by atoms with E-state index < -0.39 is 12.1 Å². The number of aryl methyl sites for hydroxylation is 1. The lowest BCUT2D eigenvalue weighted by Crippen LogP contribution is -2.37. The van der Waals surface area contributed by atoms with Crippen LogP contribution in [0.3, 0.4) is 0 Å². The summed E-state index contributed by atoms with van der Waals surface area (Å²) < 4.78 is 6.98. The van der Waals surface area contributed by atoms with Crippen molar-refractivity contribution >= 4 is 16.8 Å². The lowest BCUT2D eigenvalue weighted by Gasteiger charge is -2.21. The monoisotopic (exact) mass is 338 g/mol. The van der Waals surface area contributed by atoms with Crippen LogP contribution in [0.4, 0.5) is 0 Å². The molecule has 0 saturated heterocycles. The van der Waals surface area contributed by atoms with Crippen LogP contribution in [0.25, 0.3) is 10.9 Å². The lowest BCUT2D eigenvalue weighted by molar-refractivity contribution is 0.0844. The van der Waals surface area contributed by atoms with Gasteiger partial charge in [-0.2, -0.15) is 0 Å². The summed E-state index contributed by atoms with van der Waals surface area (Å²) in [5.41, 5.74) is 2.29.